The quantitative estimate of drug-likeness (QED) is 0.627. The fourth-order valence-electron chi connectivity index (χ4n) is 2.31. The number of aldehydes is 1. The van der Waals surface area contributed by atoms with Gasteiger partial charge >= 0.3 is 6.09 Å². The number of nitrogens with one attached hydrogen (secondary N) is 1. The molecule has 138 valence electrons. The molecule has 3 N–H and O–H groups in total. The van der Waals surface area contributed by atoms with E-state index in [4.69, 9.17) is 4.74 Å². The van der Waals surface area contributed by atoms with Crippen LogP contribution >= 0.6 is 0 Å². The number of amides is 1. The maximum Gasteiger partial charge on any atom is 0.407 e. The lowest BCUT2D eigenvalue weighted by Gasteiger charge is -2.18. The van der Waals surface area contributed by atoms with Crippen LogP contribution in [0.1, 0.15) is 34.0 Å². The first-order chi connectivity index (χ1) is 12.5. The van der Waals surface area contributed by atoms with Gasteiger partial charge in [0.25, 0.3) is 0 Å². The second kappa shape index (κ2) is 9.65. The van der Waals surface area contributed by atoms with Gasteiger partial charge in [0.15, 0.2) is 6.29 Å². The molecular formula is C19H20FNO5. The van der Waals surface area contributed by atoms with Gasteiger partial charge in [0.2, 0.25) is 0 Å². The summed E-state index contributed by atoms with van der Waals surface area (Å²) in [5, 5.41) is 22.6. The summed E-state index contributed by atoms with van der Waals surface area (Å²) in [7, 11) is 0. The van der Waals surface area contributed by atoms with E-state index < -0.39 is 24.1 Å². The Kier molecular flexibility index (Phi) is 7.25. The topological polar surface area (TPSA) is 95.9 Å². The summed E-state index contributed by atoms with van der Waals surface area (Å²) in [6, 6.07) is 12.7. The third kappa shape index (κ3) is 5.65. The van der Waals surface area contributed by atoms with Gasteiger partial charge in [-0.1, -0.05) is 36.4 Å². The van der Waals surface area contributed by atoms with E-state index in [0.717, 1.165) is 11.6 Å². The van der Waals surface area contributed by atoms with Crippen molar-refractivity contribution >= 4 is 12.4 Å². The molecule has 2 atom stereocenters. The first kappa shape index (κ1) is 19.6. The summed E-state index contributed by atoms with van der Waals surface area (Å²) in [5.74, 6) is -0.701. The lowest BCUT2D eigenvalue weighted by atomic mass is 10.00. The minimum Gasteiger partial charge on any atom is -0.445 e. The fraction of sp³-hybridized carbons (Fsp3) is 0.263. The molecule has 0 saturated carbocycles. The summed E-state index contributed by atoms with van der Waals surface area (Å²) in [4.78, 5) is 22.3. The standard InChI is InChI=1S/C19H20FNO5/c20-16-7-6-14(10-15(16)11-22)18(24)17(23)8-9-21-19(25)26-12-13-4-2-1-3-5-13/h1-7,10-11,17-18,23-24H,8-9,12H2,(H,21,25). The molecule has 0 radical (unpaired) electrons. The summed E-state index contributed by atoms with van der Waals surface area (Å²) >= 11 is 0. The summed E-state index contributed by atoms with van der Waals surface area (Å²) < 4.78 is 18.3. The van der Waals surface area contributed by atoms with Gasteiger partial charge in [-0.05, 0) is 29.7 Å². The molecule has 0 spiro atoms. The number of alkyl carbamates (subject to hydrolysis) is 1. The van der Waals surface area contributed by atoms with Crippen LogP contribution < -0.4 is 5.32 Å². The highest BCUT2D eigenvalue weighted by Gasteiger charge is 2.19. The molecule has 0 aliphatic carbocycles. The van der Waals surface area contributed by atoms with Gasteiger partial charge in [-0.3, -0.25) is 4.79 Å². The Hall–Kier alpha value is -2.77. The lowest BCUT2D eigenvalue weighted by molar-refractivity contribution is 0.0135. The maximum atomic E-state index is 13.3. The van der Waals surface area contributed by atoms with Crippen LogP contribution in [0.5, 0.6) is 0 Å². The SMILES string of the molecule is O=Cc1cc(C(O)C(O)CCNC(=O)OCc2ccccc2)ccc1F. The highest BCUT2D eigenvalue weighted by molar-refractivity contribution is 5.75. The molecule has 7 heteroatoms. The molecule has 0 heterocycles. The Morgan fingerprint density at radius 3 is 2.62 bits per heavy atom. The predicted molar refractivity (Wildman–Crippen MR) is 92.0 cm³/mol. The third-order valence-corrected chi connectivity index (χ3v) is 3.78. The number of benzene rings is 2. The number of hydrogen-bond donors (Lipinski definition) is 3. The van der Waals surface area contributed by atoms with E-state index in [1.165, 1.54) is 12.1 Å². The zero-order chi connectivity index (χ0) is 18.9. The Morgan fingerprint density at radius 2 is 1.92 bits per heavy atom. The van der Waals surface area contributed by atoms with E-state index >= 15 is 0 Å². The molecule has 2 rings (SSSR count). The molecule has 0 aliphatic heterocycles. The van der Waals surface area contributed by atoms with Gasteiger partial charge in [0.1, 0.15) is 18.5 Å². The van der Waals surface area contributed by atoms with Crippen LogP contribution in [0.2, 0.25) is 0 Å². The number of hydrogen-bond acceptors (Lipinski definition) is 5. The number of aliphatic hydroxyl groups excluding tert-OH is 2. The predicted octanol–water partition coefficient (Wildman–Crippen LogP) is 2.35. The number of rotatable bonds is 8. The van der Waals surface area contributed by atoms with Gasteiger partial charge in [0.05, 0.1) is 11.7 Å². The van der Waals surface area contributed by atoms with Crippen LogP contribution in [0, 0.1) is 5.82 Å². The zero-order valence-corrected chi connectivity index (χ0v) is 14.0. The molecule has 26 heavy (non-hydrogen) atoms. The Balaban J connectivity index is 1.76. The van der Waals surface area contributed by atoms with Crippen molar-refractivity contribution in [2.45, 2.75) is 25.2 Å². The molecule has 0 bridgehead atoms. The van der Waals surface area contributed by atoms with Crippen molar-refractivity contribution in [3.8, 4) is 0 Å². The fourth-order valence-corrected chi connectivity index (χ4v) is 2.31. The second-order valence-corrected chi connectivity index (χ2v) is 5.69. The van der Waals surface area contributed by atoms with Crippen LogP contribution in [0.4, 0.5) is 9.18 Å². The molecular weight excluding hydrogens is 341 g/mol. The average Bonchev–Trinajstić information content (AvgIpc) is 2.67. The molecule has 6 nitrogen and oxygen atoms in total. The van der Waals surface area contributed by atoms with Crippen molar-refractivity contribution in [3.63, 3.8) is 0 Å². The second-order valence-electron chi connectivity index (χ2n) is 5.69. The molecule has 0 fully saturated rings. The minimum atomic E-state index is -1.31. The van der Waals surface area contributed by atoms with Crippen molar-refractivity contribution in [2.75, 3.05) is 6.54 Å². The highest BCUT2D eigenvalue weighted by Crippen LogP contribution is 2.21. The van der Waals surface area contributed by atoms with E-state index in [9.17, 15) is 24.2 Å². The Morgan fingerprint density at radius 1 is 1.19 bits per heavy atom. The number of aliphatic hydroxyl groups is 2. The lowest BCUT2D eigenvalue weighted by Crippen LogP contribution is -2.29. The first-order valence-electron chi connectivity index (χ1n) is 8.06. The van der Waals surface area contributed by atoms with E-state index in [1.54, 1.807) is 0 Å². The van der Waals surface area contributed by atoms with E-state index in [2.05, 4.69) is 5.32 Å². The molecule has 0 aromatic heterocycles. The number of halogens is 1. The molecule has 2 aromatic rings. The van der Waals surface area contributed by atoms with E-state index in [0.29, 0.717) is 6.29 Å². The van der Waals surface area contributed by atoms with Gasteiger partial charge in [-0.15, -0.1) is 0 Å². The van der Waals surface area contributed by atoms with Crippen LogP contribution in [-0.4, -0.2) is 35.2 Å². The number of ether oxygens (including phenoxy) is 1. The Bertz CT molecular complexity index is 738. The molecule has 0 aliphatic rings. The summed E-state index contributed by atoms with van der Waals surface area (Å²) in [6.07, 6.45) is -2.76. The van der Waals surface area contributed by atoms with Crippen molar-refractivity contribution < 1.29 is 28.9 Å². The van der Waals surface area contributed by atoms with E-state index in [1.807, 2.05) is 30.3 Å². The normalized spacial score (nSPS) is 12.9. The van der Waals surface area contributed by atoms with Gasteiger partial charge < -0.3 is 20.3 Å². The molecule has 1 amide bonds. The molecule has 2 aromatic carbocycles. The van der Waals surface area contributed by atoms with Crippen LogP contribution in [0.3, 0.4) is 0 Å². The van der Waals surface area contributed by atoms with Crippen molar-refractivity contribution in [3.05, 3.63) is 71.0 Å². The Labute approximate surface area is 150 Å². The largest absolute Gasteiger partial charge is 0.445 e. The van der Waals surface area contributed by atoms with Crippen molar-refractivity contribution in [1.29, 1.82) is 0 Å². The molecule has 0 saturated heterocycles. The zero-order valence-electron chi connectivity index (χ0n) is 14.0. The average molecular weight is 361 g/mol. The third-order valence-electron chi connectivity index (χ3n) is 3.78. The number of carbonyl (C=O) groups is 2. The first-order valence-corrected chi connectivity index (χ1v) is 8.06. The summed E-state index contributed by atoms with van der Waals surface area (Å²) in [6.45, 7) is 0.204. The monoisotopic (exact) mass is 361 g/mol. The van der Waals surface area contributed by atoms with Crippen LogP contribution in [-0.2, 0) is 11.3 Å². The van der Waals surface area contributed by atoms with Crippen LogP contribution in [0.25, 0.3) is 0 Å². The van der Waals surface area contributed by atoms with Crippen molar-refractivity contribution in [1.82, 2.24) is 5.32 Å². The van der Waals surface area contributed by atoms with Gasteiger partial charge in [0, 0.05) is 6.54 Å². The molecule has 2 unspecified atom stereocenters. The minimum absolute atomic E-state index is 0.0510. The van der Waals surface area contributed by atoms with Gasteiger partial charge in [-0.2, -0.15) is 0 Å². The van der Waals surface area contributed by atoms with E-state index in [-0.39, 0.29) is 30.7 Å². The maximum absolute atomic E-state index is 13.3. The van der Waals surface area contributed by atoms with Crippen molar-refractivity contribution in [2.24, 2.45) is 0 Å². The van der Waals surface area contributed by atoms with Crippen LogP contribution in [0.15, 0.2) is 48.5 Å². The summed E-state index contributed by atoms with van der Waals surface area (Å²) in [5.41, 5.74) is 0.865. The smallest absolute Gasteiger partial charge is 0.407 e. The highest BCUT2D eigenvalue weighted by atomic mass is 19.1. The van der Waals surface area contributed by atoms with Gasteiger partial charge in [-0.25, -0.2) is 9.18 Å². The number of carbonyl (C=O) groups excluding carboxylic acids is 2.